The van der Waals surface area contributed by atoms with Crippen LogP contribution in [0.2, 0.25) is 0 Å². The molecule has 1 unspecified atom stereocenters. The Morgan fingerprint density at radius 3 is 2.68 bits per heavy atom. The van der Waals surface area contributed by atoms with Crippen molar-refractivity contribution in [1.82, 2.24) is 10.6 Å². The lowest BCUT2D eigenvalue weighted by atomic mass is 9.94. The summed E-state index contributed by atoms with van der Waals surface area (Å²) in [4.78, 5) is 22.6. The number of aliphatic hydroxyl groups excluding tert-OH is 1. The quantitative estimate of drug-likeness (QED) is 0.568. The van der Waals surface area contributed by atoms with Crippen molar-refractivity contribution in [2.45, 2.75) is 50.8 Å². The largest absolute Gasteiger partial charge is 0.480 e. The molecule has 19 heavy (non-hydrogen) atoms. The van der Waals surface area contributed by atoms with Crippen LogP contribution in [-0.2, 0) is 9.53 Å². The lowest BCUT2D eigenvalue weighted by Crippen LogP contribution is -2.52. The maximum absolute atomic E-state index is 11.7. The smallest absolute Gasteiger partial charge is 0.326 e. The molecule has 7 heteroatoms. The summed E-state index contributed by atoms with van der Waals surface area (Å²) in [7, 11) is 0. The Balaban J connectivity index is 2.43. The first-order chi connectivity index (χ1) is 8.84. The van der Waals surface area contributed by atoms with Crippen LogP contribution in [0.3, 0.4) is 0 Å². The molecule has 1 rings (SSSR count). The van der Waals surface area contributed by atoms with Crippen molar-refractivity contribution in [3.63, 3.8) is 0 Å². The first-order valence-electron chi connectivity index (χ1n) is 6.39. The highest BCUT2D eigenvalue weighted by molar-refractivity contribution is 5.82. The zero-order valence-electron chi connectivity index (χ0n) is 11.3. The topological polar surface area (TPSA) is 108 Å². The third kappa shape index (κ3) is 5.44. The van der Waals surface area contributed by atoms with Gasteiger partial charge in [0, 0.05) is 25.7 Å². The van der Waals surface area contributed by atoms with E-state index in [1.807, 2.05) is 13.8 Å². The molecule has 0 aromatic carbocycles. The minimum Gasteiger partial charge on any atom is -0.480 e. The number of carbonyl (C=O) groups excluding carboxylic acids is 1. The van der Waals surface area contributed by atoms with Crippen LogP contribution in [0.1, 0.15) is 33.1 Å². The number of aliphatic hydroxyl groups is 1. The van der Waals surface area contributed by atoms with Crippen LogP contribution in [0.4, 0.5) is 4.79 Å². The molecule has 1 aliphatic rings. The van der Waals surface area contributed by atoms with E-state index in [-0.39, 0.29) is 24.7 Å². The maximum atomic E-state index is 11.7. The number of urea groups is 1. The number of aliphatic carboxylic acids is 1. The van der Waals surface area contributed by atoms with E-state index in [2.05, 4.69) is 10.6 Å². The predicted octanol–water partition coefficient (Wildman–Crippen LogP) is 0.0788. The molecule has 1 heterocycles. The second-order valence-electron chi connectivity index (χ2n) is 5.32. The normalized spacial score (nSPS) is 23.4. The van der Waals surface area contributed by atoms with Crippen molar-refractivity contribution in [3.05, 3.63) is 0 Å². The summed E-state index contributed by atoms with van der Waals surface area (Å²) in [5, 5.41) is 22.7. The van der Waals surface area contributed by atoms with Crippen LogP contribution in [0.15, 0.2) is 0 Å². The molecule has 0 bridgehead atoms. The van der Waals surface area contributed by atoms with Crippen molar-refractivity contribution in [2.24, 2.45) is 0 Å². The zero-order valence-corrected chi connectivity index (χ0v) is 11.3. The van der Waals surface area contributed by atoms with Gasteiger partial charge in [0.05, 0.1) is 5.60 Å². The van der Waals surface area contributed by atoms with Crippen LogP contribution in [0.25, 0.3) is 0 Å². The van der Waals surface area contributed by atoms with Gasteiger partial charge in [0.25, 0.3) is 0 Å². The van der Waals surface area contributed by atoms with Gasteiger partial charge in [-0.05, 0) is 26.7 Å². The Hall–Kier alpha value is -1.34. The molecule has 0 aliphatic carbocycles. The number of nitrogens with one attached hydrogen (secondary N) is 2. The molecule has 0 spiro atoms. The number of hydrogen-bond donors (Lipinski definition) is 4. The van der Waals surface area contributed by atoms with Gasteiger partial charge in [0.2, 0.25) is 0 Å². The Labute approximate surface area is 112 Å². The fraction of sp³-hybridized carbons (Fsp3) is 0.833. The minimum atomic E-state index is -1.16. The molecule has 0 saturated carbocycles. The summed E-state index contributed by atoms with van der Waals surface area (Å²) in [5.41, 5.74) is -0.284. The highest BCUT2D eigenvalue weighted by Crippen LogP contribution is 2.23. The molecule has 1 saturated heterocycles. The Kier molecular flexibility index (Phi) is 5.56. The van der Waals surface area contributed by atoms with Crippen LogP contribution in [-0.4, -0.2) is 53.1 Å². The molecule has 1 fully saturated rings. The molecular weight excluding hydrogens is 252 g/mol. The molecule has 0 aromatic rings. The van der Waals surface area contributed by atoms with Gasteiger partial charge in [-0.25, -0.2) is 9.59 Å². The molecule has 110 valence electrons. The summed E-state index contributed by atoms with van der Waals surface area (Å²) in [6, 6.07) is -1.63. The number of hydrogen-bond acceptors (Lipinski definition) is 4. The number of carboxylic acid groups (broad SMARTS) is 1. The SMILES string of the molecule is CC1(C)CC(NC(=O)N[C@H](CCO)C(=O)O)CCO1. The highest BCUT2D eigenvalue weighted by atomic mass is 16.5. The number of carbonyl (C=O) groups is 2. The van der Waals surface area contributed by atoms with Crippen molar-refractivity contribution < 1.29 is 24.5 Å². The van der Waals surface area contributed by atoms with E-state index in [0.29, 0.717) is 19.4 Å². The maximum Gasteiger partial charge on any atom is 0.326 e. The standard InChI is InChI=1S/C12H22N2O5/c1-12(2)7-8(4-6-19-12)13-11(18)14-9(3-5-15)10(16)17/h8-9,15H,3-7H2,1-2H3,(H,16,17)(H2,13,14,18)/t8?,9-/m1/s1. The lowest BCUT2D eigenvalue weighted by molar-refractivity contribution is -0.139. The van der Waals surface area contributed by atoms with E-state index in [1.54, 1.807) is 0 Å². The second kappa shape index (κ2) is 6.72. The Morgan fingerprint density at radius 1 is 1.47 bits per heavy atom. The van der Waals surface area contributed by atoms with E-state index in [1.165, 1.54) is 0 Å². The predicted molar refractivity (Wildman–Crippen MR) is 67.8 cm³/mol. The van der Waals surface area contributed by atoms with Crippen LogP contribution < -0.4 is 10.6 Å². The molecule has 2 amide bonds. The van der Waals surface area contributed by atoms with Crippen molar-refractivity contribution in [3.8, 4) is 0 Å². The van der Waals surface area contributed by atoms with Crippen molar-refractivity contribution in [2.75, 3.05) is 13.2 Å². The van der Waals surface area contributed by atoms with Gasteiger partial charge in [-0.3, -0.25) is 0 Å². The number of ether oxygens (including phenoxy) is 1. The average Bonchev–Trinajstić information content (AvgIpc) is 2.26. The van der Waals surface area contributed by atoms with Gasteiger partial charge in [0.15, 0.2) is 0 Å². The van der Waals surface area contributed by atoms with Gasteiger partial charge in [-0.15, -0.1) is 0 Å². The van der Waals surface area contributed by atoms with Crippen molar-refractivity contribution >= 4 is 12.0 Å². The lowest BCUT2D eigenvalue weighted by Gasteiger charge is -2.35. The van der Waals surface area contributed by atoms with E-state index >= 15 is 0 Å². The fourth-order valence-electron chi connectivity index (χ4n) is 2.13. The number of rotatable bonds is 5. The van der Waals surface area contributed by atoms with Crippen molar-refractivity contribution in [1.29, 1.82) is 0 Å². The van der Waals surface area contributed by atoms with Crippen LogP contribution >= 0.6 is 0 Å². The summed E-state index contributed by atoms with van der Waals surface area (Å²) in [6.07, 6.45) is 1.37. The fourth-order valence-corrected chi connectivity index (χ4v) is 2.13. The first kappa shape index (κ1) is 15.7. The Morgan fingerprint density at radius 2 is 2.16 bits per heavy atom. The van der Waals surface area contributed by atoms with Gasteiger partial charge in [-0.2, -0.15) is 0 Å². The first-order valence-corrected chi connectivity index (χ1v) is 6.39. The van der Waals surface area contributed by atoms with Gasteiger partial charge in [0.1, 0.15) is 6.04 Å². The number of amides is 2. The molecule has 2 atom stereocenters. The highest BCUT2D eigenvalue weighted by Gasteiger charge is 2.30. The third-order valence-electron chi connectivity index (χ3n) is 3.05. The minimum absolute atomic E-state index is 0.0119. The monoisotopic (exact) mass is 274 g/mol. The van der Waals surface area contributed by atoms with E-state index in [4.69, 9.17) is 14.9 Å². The zero-order chi connectivity index (χ0) is 14.5. The molecule has 0 radical (unpaired) electrons. The van der Waals surface area contributed by atoms with E-state index < -0.39 is 18.0 Å². The number of carboxylic acids is 1. The second-order valence-corrected chi connectivity index (χ2v) is 5.32. The molecule has 4 N–H and O–H groups in total. The van der Waals surface area contributed by atoms with E-state index in [9.17, 15) is 9.59 Å². The molecular formula is C12H22N2O5. The molecule has 1 aliphatic heterocycles. The van der Waals surface area contributed by atoms with Gasteiger partial charge >= 0.3 is 12.0 Å². The van der Waals surface area contributed by atoms with E-state index in [0.717, 1.165) is 0 Å². The summed E-state index contributed by atoms with van der Waals surface area (Å²) in [6.45, 7) is 4.17. The third-order valence-corrected chi connectivity index (χ3v) is 3.05. The van der Waals surface area contributed by atoms with Gasteiger partial charge in [-0.1, -0.05) is 0 Å². The summed E-state index contributed by atoms with van der Waals surface area (Å²) >= 11 is 0. The average molecular weight is 274 g/mol. The Bertz CT molecular complexity index is 332. The molecule has 0 aromatic heterocycles. The van der Waals surface area contributed by atoms with Crippen LogP contribution in [0, 0.1) is 0 Å². The summed E-state index contributed by atoms with van der Waals surface area (Å²) < 4.78 is 5.54. The van der Waals surface area contributed by atoms with Crippen LogP contribution in [0.5, 0.6) is 0 Å². The molecule has 7 nitrogen and oxygen atoms in total. The van der Waals surface area contributed by atoms with Gasteiger partial charge < -0.3 is 25.6 Å². The summed E-state index contributed by atoms with van der Waals surface area (Å²) in [5.74, 6) is -1.16.